The normalized spacial score (nSPS) is 14.4. The van der Waals surface area contributed by atoms with Crippen LogP contribution in [0, 0.1) is 10.1 Å². The summed E-state index contributed by atoms with van der Waals surface area (Å²) in [4.78, 5) is 24.1. The van der Waals surface area contributed by atoms with Crippen molar-refractivity contribution >= 4 is 5.97 Å². The molecule has 0 heterocycles. The Bertz CT molecular complexity index is 206. The second-order valence-electron chi connectivity index (χ2n) is 2.45. The van der Waals surface area contributed by atoms with Crippen LogP contribution in [-0.2, 0) is 14.4 Å². The Morgan fingerprint density at radius 1 is 1.64 bits per heavy atom. The van der Waals surface area contributed by atoms with Gasteiger partial charge in [-0.05, 0) is 6.92 Å². The molecule has 0 amide bonds. The highest BCUT2D eigenvalue weighted by molar-refractivity contribution is 5.71. The molecule has 8 nitrogen and oxygen atoms in total. The zero-order chi connectivity index (χ0) is 11.1. The molecule has 0 spiro atoms. The van der Waals surface area contributed by atoms with Gasteiger partial charge in [-0.25, -0.2) is 4.79 Å². The standard InChI is InChI=1S/C6H11NO7/c1-4(6(9)10)13-3-5(2-8)14-7(11)12/h4-5,8H,2-3H2,1H3,(H,9,10)/t4?,5-/m1/s1. The maximum Gasteiger partial charge on any atom is 0.332 e. The van der Waals surface area contributed by atoms with E-state index >= 15 is 0 Å². The van der Waals surface area contributed by atoms with Gasteiger partial charge in [0.1, 0.15) is 0 Å². The summed E-state index contributed by atoms with van der Waals surface area (Å²) in [6.07, 6.45) is -2.26. The first kappa shape index (κ1) is 12.6. The van der Waals surface area contributed by atoms with E-state index in [9.17, 15) is 14.9 Å². The highest BCUT2D eigenvalue weighted by Crippen LogP contribution is 1.97. The van der Waals surface area contributed by atoms with Crippen molar-refractivity contribution < 1.29 is 29.7 Å². The van der Waals surface area contributed by atoms with Crippen LogP contribution < -0.4 is 0 Å². The third kappa shape index (κ3) is 5.27. The lowest BCUT2D eigenvalue weighted by molar-refractivity contribution is -0.769. The molecule has 0 fully saturated rings. The number of carboxylic acid groups (broad SMARTS) is 1. The smallest absolute Gasteiger partial charge is 0.332 e. The Morgan fingerprint density at radius 2 is 2.21 bits per heavy atom. The predicted molar refractivity (Wildman–Crippen MR) is 42.0 cm³/mol. The summed E-state index contributed by atoms with van der Waals surface area (Å²) in [5, 5.41) is 25.7. The molecule has 2 atom stereocenters. The van der Waals surface area contributed by atoms with Gasteiger partial charge in [-0.15, -0.1) is 10.1 Å². The molecule has 1 unspecified atom stereocenters. The molecule has 2 N–H and O–H groups in total. The van der Waals surface area contributed by atoms with Crippen LogP contribution in [-0.4, -0.2) is 46.7 Å². The van der Waals surface area contributed by atoms with Crippen molar-refractivity contribution in [1.29, 1.82) is 0 Å². The summed E-state index contributed by atoms with van der Waals surface area (Å²) in [6, 6.07) is 0. The SMILES string of the molecule is CC(OC[C@@H](CO)O[N+](=O)[O-])C(=O)O. The number of aliphatic carboxylic acids is 1. The van der Waals surface area contributed by atoms with E-state index in [1.807, 2.05) is 0 Å². The van der Waals surface area contributed by atoms with Crippen molar-refractivity contribution in [3.63, 3.8) is 0 Å². The lowest BCUT2D eigenvalue weighted by atomic mass is 10.4. The molecule has 0 rings (SSSR count). The van der Waals surface area contributed by atoms with Gasteiger partial charge in [0.05, 0.1) is 13.2 Å². The van der Waals surface area contributed by atoms with Gasteiger partial charge in [0.25, 0.3) is 5.09 Å². The minimum atomic E-state index is -1.19. The highest BCUT2D eigenvalue weighted by Gasteiger charge is 2.17. The molecule has 0 saturated carbocycles. The van der Waals surface area contributed by atoms with Crippen molar-refractivity contribution in [2.24, 2.45) is 0 Å². The number of carbonyl (C=O) groups is 1. The van der Waals surface area contributed by atoms with Crippen LogP contribution in [0.5, 0.6) is 0 Å². The topological polar surface area (TPSA) is 119 Å². The summed E-state index contributed by atoms with van der Waals surface area (Å²) < 4.78 is 4.67. The zero-order valence-corrected chi connectivity index (χ0v) is 7.45. The van der Waals surface area contributed by atoms with Crippen LogP contribution in [0.25, 0.3) is 0 Å². The Labute approximate surface area is 79.1 Å². The fraction of sp³-hybridized carbons (Fsp3) is 0.833. The van der Waals surface area contributed by atoms with E-state index in [1.165, 1.54) is 6.92 Å². The average molecular weight is 209 g/mol. The van der Waals surface area contributed by atoms with Crippen molar-refractivity contribution in [3.05, 3.63) is 10.1 Å². The first-order valence-electron chi connectivity index (χ1n) is 3.73. The van der Waals surface area contributed by atoms with Crippen LogP contribution in [0.3, 0.4) is 0 Å². The quantitative estimate of drug-likeness (QED) is 0.409. The van der Waals surface area contributed by atoms with Crippen LogP contribution in [0.4, 0.5) is 0 Å². The van der Waals surface area contributed by atoms with E-state index in [4.69, 9.17) is 10.2 Å². The molecule has 0 bridgehead atoms. The number of rotatable bonds is 7. The zero-order valence-electron chi connectivity index (χ0n) is 7.45. The van der Waals surface area contributed by atoms with E-state index in [-0.39, 0.29) is 6.61 Å². The molecular formula is C6H11NO7. The first-order chi connectivity index (χ1) is 6.47. The summed E-state index contributed by atoms with van der Waals surface area (Å²) in [5.74, 6) is -1.19. The molecule has 0 radical (unpaired) electrons. The maximum atomic E-state index is 10.3. The van der Waals surface area contributed by atoms with Crippen LogP contribution in [0.15, 0.2) is 0 Å². The number of aliphatic hydroxyl groups is 1. The average Bonchev–Trinajstić information content (AvgIpc) is 2.10. The fourth-order valence-electron chi connectivity index (χ4n) is 0.561. The van der Waals surface area contributed by atoms with Gasteiger partial charge in [0.2, 0.25) is 0 Å². The third-order valence-corrected chi connectivity index (χ3v) is 1.32. The van der Waals surface area contributed by atoms with Crippen LogP contribution in [0.2, 0.25) is 0 Å². The monoisotopic (exact) mass is 209 g/mol. The van der Waals surface area contributed by atoms with Crippen molar-refractivity contribution in [2.45, 2.75) is 19.1 Å². The maximum absolute atomic E-state index is 10.3. The predicted octanol–water partition coefficient (Wildman–Crippen LogP) is -0.955. The molecule has 0 aromatic carbocycles. The molecule has 82 valence electrons. The molecule has 0 aliphatic rings. The van der Waals surface area contributed by atoms with Crippen LogP contribution in [0.1, 0.15) is 6.92 Å². The minimum Gasteiger partial charge on any atom is -0.479 e. The molecular weight excluding hydrogens is 198 g/mol. The summed E-state index contributed by atoms with van der Waals surface area (Å²) >= 11 is 0. The molecule has 0 saturated heterocycles. The third-order valence-electron chi connectivity index (χ3n) is 1.32. The lowest BCUT2D eigenvalue weighted by Crippen LogP contribution is -2.31. The number of carboxylic acids is 1. The second-order valence-corrected chi connectivity index (χ2v) is 2.45. The molecule has 0 aliphatic carbocycles. The number of aliphatic hydroxyl groups excluding tert-OH is 1. The van der Waals surface area contributed by atoms with Gasteiger partial charge in [0, 0.05) is 0 Å². The molecule has 0 aromatic rings. The van der Waals surface area contributed by atoms with Gasteiger partial charge in [-0.2, -0.15) is 0 Å². The first-order valence-corrected chi connectivity index (χ1v) is 3.73. The van der Waals surface area contributed by atoms with Crippen LogP contribution >= 0.6 is 0 Å². The molecule has 0 aromatic heterocycles. The Kier molecular flexibility index (Phi) is 5.49. The number of ether oxygens (including phenoxy) is 1. The van der Waals surface area contributed by atoms with E-state index in [0.717, 1.165) is 0 Å². The Balaban J connectivity index is 3.83. The van der Waals surface area contributed by atoms with Crippen molar-refractivity contribution in [2.75, 3.05) is 13.2 Å². The summed E-state index contributed by atoms with van der Waals surface area (Å²) in [6.45, 7) is 0.293. The lowest BCUT2D eigenvalue weighted by Gasteiger charge is -2.14. The van der Waals surface area contributed by atoms with E-state index in [0.29, 0.717) is 0 Å². The van der Waals surface area contributed by atoms with E-state index < -0.39 is 29.9 Å². The van der Waals surface area contributed by atoms with Gasteiger partial charge >= 0.3 is 5.97 Å². The number of hydrogen-bond acceptors (Lipinski definition) is 6. The van der Waals surface area contributed by atoms with Gasteiger partial charge in [0.15, 0.2) is 12.2 Å². The Hall–Kier alpha value is -1.41. The summed E-state index contributed by atoms with van der Waals surface area (Å²) in [7, 11) is 0. The number of nitrogens with zero attached hydrogens (tertiary/aromatic N) is 1. The molecule has 8 heteroatoms. The molecule has 0 aliphatic heterocycles. The molecule has 14 heavy (non-hydrogen) atoms. The number of hydrogen-bond donors (Lipinski definition) is 2. The van der Waals surface area contributed by atoms with Gasteiger partial charge in [-0.1, -0.05) is 0 Å². The minimum absolute atomic E-state index is 0.356. The van der Waals surface area contributed by atoms with Gasteiger partial charge < -0.3 is 19.8 Å². The summed E-state index contributed by atoms with van der Waals surface area (Å²) in [5.41, 5.74) is 0. The van der Waals surface area contributed by atoms with Gasteiger partial charge in [-0.3, -0.25) is 0 Å². The van der Waals surface area contributed by atoms with Crippen molar-refractivity contribution in [3.8, 4) is 0 Å². The Morgan fingerprint density at radius 3 is 2.57 bits per heavy atom. The van der Waals surface area contributed by atoms with E-state index in [1.54, 1.807) is 0 Å². The highest BCUT2D eigenvalue weighted by atomic mass is 17.0. The van der Waals surface area contributed by atoms with Crippen molar-refractivity contribution in [1.82, 2.24) is 0 Å². The largest absolute Gasteiger partial charge is 0.479 e. The second kappa shape index (κ2) is 6.11. The fourth-order valence-corrected chi connectivity index (χ4v) is 0.561. The van der Waals surface area contributed by atoms with E-state index in [2.05, 4.69) is 9.57 Å².